The van der Waals surface area contributed by atoms with E-state index in [1.807, 2.05) is 48.6 Å². The number of fused-ring (bicyclic) bond motifs is 6. The number of anilines is 1. The Kier molecular flexibility index (Phi) is 6.98. The van der Waals surface area contributed by atoms with Crippen molar-refractivity contribution in [2.45, 2.75) is 0 Å². The van der Waals surface area contributed by atoms with Gasteiger partial charge in [0.2, 0.25) is 0 Å². The van der Waals surface area contributed by atoms with Crippen LogP contribution >= 0.6 is 11.3 Å². The topological polar surface area (TPSA) is 6.48 Å². The third kappa shape index (κ3) is 4.95. The summed E-state index contributed by atoms with van der Waals surface area (Å²) in [6, 6.07) is 8.42. The number of likely N-dealkylation sites (N-methyl/N-ethyl adjacent to an activating group) is 1. The second-order valence-corrected chi connectivity index (χ2v) is 12.0. The first-order chi connectivity index (χ1) is 22.7. The highest BCUT2D eigenvalue weighted by atomic mass is 32.1. The van der Waals surface area contributed by atoms with Crippen molar-refractivity contribution in [3.8, 4) is 0 Å². The minimum absolute atomic E-state index is 0.911. The normalized spacial score (nSPS) is 18.0. The summed E-state index contributed by atoms with van der Waals surface area (Å²) >= 11 is 1.75. The van der Waals surface area contributed by atoms with Gasteiger partial charge in [-0.2, -0.15) is 0 Å². The molecular weight excluding hydrogens is 577 g/mol. The number of rotatable bonds is 1. The minimum atomic E-state index is 0.911. The fraction of sp³-hybridized carbons (Fsp3) is 0.0233. The van der Waals surface area contributed by atoms with Crippen LogP contribution in [0.25, 0.3) is 29.9 Å². The van der Waals surface area contributed by atoms with Gasteiger partial charge in [0.15, 0.2) is 0 Å². The van der Waals surface area contributed by atoms with E-state index < -0.39 is 0 Å². The first kappa shape index (κ1) is 27.4. The maximum Gasteiger partial charge on any atom is 0.0974 e. The first-order valence-electron chi connectivity index (χ1n) is 15.1. The summed E-state index contributed by atoms with van der Waals surface area (Å²) in [6.45, 7) is 0. The van der Waals surface area contributed by atoms with E-state index in [-0.39, 0.29) is 0 Å². The van der Waals surface area contributed by atoms with Crippen LogP contribution in [0.15, 0.2) is 184 Å². The predicted molar refractivity (Wildman–Crippen MR) is 193 cm³/mol. The molecule has 0 spiro atoms. The van der Waals surface area contributed by atoms with Crippen LogP contribution in [0, 0.1) is 0 Å². The van der Waals surface area contributed by atoms with Crippen molar-refractivity contribution in [2.24, 2.45) is 0 Å². The van der Waals surface area contributed by atoms with Crippen molar-refractivity contribution in [1.82, 2.24) is 4.90 Å². The van der Waals surface area contributed by atoms with E-state index in [1.165, 1.54) is 32.1 Å². The lowest BCUT2D eigenvalue weighted by molar-refractivity contribution is 0.572. The largest absolute Gasteiger partial charge is 0.338 e. The standard InChI is InChI=1S/C29H15NS.C14H11N/c1-3-13-24-21-10-7-8-11-23(20-21)30(27(24)15-5-1)22-12-9-17-29-26(19-18-22)25-14-4-2-6-16-28(25)31-29;1-15-12-7-3-2-6-11(10-12)13-8-4-5-9-14(13)15/h1-2,4-5,7-8,10-17,19H;2-9H,1H3. The summed E-state index contributed by atoms with van der Waals surface area (Å²) in [5.41, 5.74) is 32.6. The number of para-hydroxylation sites is 1. The molecule has 0 amide bonds. The molecule has 7 aliphatic rings. The fourth-order valence-corrected chi connectivity index (χ4v) is 7.02. The van der Waals surface area contributed by atoms with Gasteiger partial charge in [-0.15, -0.1) is 28.5 Å². The Morgan fingerprint density at radius 3 is 2.22 bits per heavy atom. The molecule has 3 heterocycles. The van der Waals surface area contributed by atoms with Gasteiger partial charge in [-0.25, -0.2) is 0 Å². The average Bonchev–Trinajstić information content (AvgIpc) is 3.48. The number of thiophene rings is 1. The Bertz CT molecular complexity index is 2370. The van der Waals surface area contributed by atoms with Crippen molar-refractivity contribution in [3.05, 3.63) is 210 Å². The SMILES string of the molecule is C1=CC=CC2=C(C=1)C1=C=C(C=CC=C1)N2C1=C=Cc2c(sc3c2C=CC=C=C3)C=C=C1.CN1C2=C=C(C=CC=C2)c2ccccc21. The van der Waals surface area contributed by atoms with Crippen LogP contribution in [-0.2, 0) is 0 Å². The maximum atomic E-state index is 3.55. The number of hydrogen-bond donors (Lipinski definition) is 0. The quantitative estimate of drug-likeness (QED) is 0.300. The van der Waals surface area contributed by atoms with Crippen LogP contribution in [0.4, 0.5) is 5.69 Å². The summed E-state index contributed by atoms with van der Waals surface area (Å²) in [5.74, 6) is 0. The highest BCUT2D eigenvalue weighted by molar-refractivity contribution is 7.14. The molecule has 9 rings (SSSR count). The molecule has 46 heavy (non-hydrogen) atoms. The van der Waals surface area contributed by atoms with E-state index in [9.17, 15) is 0 Å². The number of hydrogen-bond acceptors (Lipinski definition) is 3. The first-order valence-corrected chi connectivity index (χ1v) is 15.9. The number of benzene rings is 1. The summed E-state index contributed by atoms with van der Waals surface area (Å²) < 4.78 is 0. The molecule has 0 saturated heterocycles. The van der Waals surface area contributed by atoms with Gasteiger partial charge in [0.25, 0.3) is 0 Å². The maximum absolute atomic E-state index is 3.55. The lowest BCUT2D eigenvalue weighted by atomic mass is 9.99. The van der Waals surface area contributed by atoms with Gasteiger partial charge in [-0.3, -0.25) is 4.90 Å². The third-order valence-corrected chi connectivity index (χ3v) is 9.29. The molecule has 1 aromatic carbocycles. The van der Waals surface area contributed by atoms with Crippen LogP contribution < -0.4 is 4.90 Å². The Morgan fingerprint density at radius 1 is 0.587 bits per heavy atom. The van der Waals surface area contributed by atoms with E-state index in [0.717, 1.165) is 39.5 Å². The van der Waals surface area contributed by atoms with Gasteiger partial charge in [-0.05, 0) is 72.9 Å². The van der Waals surface area contributed by atoms with Gasteiger partial charge in [0.05, 0.1) is 22.8 Å². The van der Waals surface area contributed by atoms with E-state index >= 15 is 0 Å². The van der Waals surface area contributed by atoms with Gasteiger partial charge in [0.1, 0.15) is 0 Å². The van der Waals surface area contributed by atoms with Crippen LogP contribution in [-0.4, -0.2) is 11.9 Å². The zero-order valence-electron chi connectivity index (χ0n) is 25.1. The van der Waals surface area contributed by atoms with Crippen molar-refractivity contribution in [3.63, 3.8) is 0 Å². The summed E-state index contributed by atoms with van der Waals surface area (Å²) in [6.07, 6.45) is 38.9. The van der Waals surface area contributed by atoms with Gasteiger partial charge in [-0.1, -0.05) is 77.9 Å². The van der Waals surface area contributed by atoms with Crippen molar-refractivity contribution < 1.29 is 0 Å². The van der Waals surface area contributed by atoms with Crippen LogP contribution in [0.2, 0.25) is 0 Å². The molecule has 0 N–H and O–H groups in total. The van der Waals surface area contributed by atoms with Crippen molar-refractivity contribution in [1.29, 1.82) is 0 Å². The number of nitrogens with zero attached hydrogens (tertiary/aromatic N) is 2. The zero-order chi connectivity index (χ0) is 30.9. The molecule has 3 heteroatoms. The lowest BCUT2D eigenvalue weighted by Crippen LogP contribution is -2.22. The molecule has 1 aromatic heterocycles. The Hall–Kier alpha value is -6.18. The Labute approximate surface area is 273 Å². The smallest absolute Gasteiger partial charge is 0.0974 e. The molecule has 5 aliphatic carbocycles. The third-order valence-electron chi connectivity index (χ3n) is 8.17. The molecule has 2 aromatic rings. The molecular formula is C43H26N2S. The van der Waals surface area contributed by atoms with Crippen LogP contribution in [0.1, 0.15) is 26.4 Å². The molecule has 0 saturated carbocycles. The van der Waals surface area contributed by atoms with Gasteiger partial charge >= 0.3 is 0 Å². The fourth-order valence-electron chi connectivity index (χ4n) is 5.96. The lowest BCUT2D eigenvalue weighted by Gasteiger charge is -2.29. The average molecular weight is 603 g/mol. The highest BCUT2D eigenvalue weighted by Gasteiger charge is 2.24. The Balaban J connectivity index is 0.000000174. The Morgan fingerprint density at radius 2 is 1.30 bits per heavy atom. The molecule has 2 nitrogen and oxygen atoms in total. The zero-order valence-corrected chi connectivity index (χ0v) is 25.9. The van der Waals surface area contributed by atoms with Crippen LogP contribution in [0.5, 0.6) is 0 Å². The molecule has 214 valence electrons. The van der Waals surface area contributed by atoms with E-state index in [4.69, 9.17) is 0 Å². The monoisotopic (exact) mass is 602 g/mol. The van der Waals surface area contributed by atoms with Gasteiger partial charge < -0.3 is 4.90 Å². The minimum Gasteiger partial charge on any atom is -0.338 e. The van der Waals surface area contributed by atoms with Crippen molar-refractivity contribution in [2.75, 3.05) is 11.9 Å². The molecule has 0 unspecified atom stereocenters. The molecule has 0 atom stereocenters. The van der Waals surface area contributed by atoms with Gasteiger partial charge in [0, 0.05) is 62.0 Å². The van der Waals surface area contributed by atoms with Crippen LogP contribution in [0.3, 0.4) is 0 Å². The second-order valence-electron chi connectivity index (χ2n) is 11.0. The summed E-state index contributed by atoms with van der Waals surface area (Å²) in [7, 11) is 2.08. The highest BCUT2D eigenvalue weighted by Crippen LogP contribution is 2.38. The summed E-state index contributed by atoms with van der Waals surface area (Å²) in [4.78, 5) is 6.73. The second kappa shape index (κ2) is 11.7. The molecule has 0 fully saturated rings. The van der Waals surface area contributed by atoms with E-state index in [1.54, 1.807) is 11.3 Å². The van der Waals surface area contributed by atoms with Crippen molar-refractivity contribution >= 4 is 46.9 Å². The number of allylic oxidation sites excluding steroid dienone is 15. The predicted octanol–water partition coefficient (Wildman–Crippen LogP) is 10.1. The molecule has 0 radical (unpaired) electrons. The van der Waals surface area contributed by atoms with E-state index in [0.29, 0.717) is 0 Å². The summed E-state index contributed by atoms with van der Waals surface area (Å²) in [5, 5.41) is 0. The molecule has 2 aliphatic heterocycles. The van der Waals surface area contributed by atoms with E-state index in [2.05, 4.69) is 142 Å². The molecule has 4 bridgehead atoms.